The molecule has 0 bridgehead atoms. The van der Waals surface area contributed by atoms with E-state index in [-0.39, 0.29) is 6.10 Å². The summed E-state index contributed by atoms with van der Waals surface area (Å²) in [6.45, 7) is 7.82. The van der Waals surface area contributed by atoms with Gasteiger partial charge < -0.3 is 5.11 Å². The van der Waals surface area contributed by atoms with Gasteiger partial charge in [0.05, 0.1) is 6.10 Å². The van der Waals surface area contributed by atoms with Gasteiger partial charge in [-0.3, -0.25) is 4.90 Å². The summed E-state index contributed by atoms with van der Waals surface area (Å²) in [5.74, 6) is 0. The molecular formula is C9H17NO. The van der Waals surface area contributed by atoms with Gasteiger partial charge in [-0.1, -0.05) is 6.08 Å². The molecule has 1 N–H and O–H groups in total. The Morgan fingerprint density at radius 1 is 1.73 bits per heavy atom. The predicted octanol–water partition coefficient (Wildman–Crippen LogP) is 1.02. The Morgan fingerprint density at radius 3 is 3.00 bits per heavy atom. The highest BCUT2D eigenvalue weighted by Crippen LogP contribution is 2.16. The van der Waals surface area contributed by atoms with E-state index < -0.39 is 0 Å². The third-order valence-corrected chi connectivity index (χ3v) is 2.35. The molecule has 0 amide bonds. The number of aliphatic hydroxyl groups is 1. The van der Waals surface area contributed by atoms with Crippen LogP contribution in [-0.2, 0) is 0 Å². The summed E-state index contributed by atoms with van der Waals surface area (Å²) >= 11 is 0. The molecule has 1 aliphatic heterocycles. The van der Waals surface area contributed by atoms with Crippen molar-refractivity contribution in [3.63, 3.8) is 0 Å². The Kier molecular flexibility index (Phi) is 3.09. The van der Waals surface area contributed by atoms with Crippen LogP contribution in [0.5, 0.6) is 0 Å². The van der Waals surface area contributed by atoms with Crippen LogP contribution in [0.25, 0.3) is 0 Å². The zero-order valence-electron chi connectivity index (χ0n) is 7.16. The molecule has 0 aromatic heterocycles. The number of piperidine rings is 1. The summed E-state index contributed by atoms with van der Waals surface area (Å²) < 4.78 is 0. The lowest BCUT2D eigenvalue weighted by Crippen LogP contribution is -2.42. The zero-order chi connectivity index (χ0) is 8.27. The molecule has 64 valence electrons. The molecule has 0 aromatic carbocycles. The Bertz CT molecular complexity index is 136. The summed E-state index contributed by atoms with van der Waals surface area (Å²) in [6, 6.07) is 0.511. The predicted molar refractivity (Wildman–Crippen MR) is 46.5 cm³/mol. The molecular weight excluding hydrogens is 138 g/mol. The van der Waals surface area contributed by atoms with Crippen molar-refractivity contribution in [3.8, 4) is 0 Å². The lowest BCUT2D eigenvalue weighted by atomic mass is 10.0. The van der Waals surface area contributed by atoms with Gasteiger partial charge in [-0.25, -0.2) is 0 Å². The third kappa shape index (κ3) is 2.31. The summed E-state index contributed by atoms with van der Waals surface area (Å²) in [5.41, 5.74) is 0. The van der Waals surface area contributed by atoms with Gasteiger partial charge >= 0.3 is 0 Å². The largest absolute Gasteiger partial charge is 0.393 e. The van der Waals surface area contributed by atoms with Crippen LogP contribution >= 0.6 is 0 Å². The first-order valence-electron chi connectivity index (χ1n) is 4.27. The minimum atomic E-state index is -0.0777. The van der Waals surface area contributed by atoms with Crippen LogP contribution in [0.15, 0.2) is 12.7 Å². The van der Waals surface area contributed by atoms with Crippen molar-refractivity contribution in [1.29, 1.82) is 0 Å². The minimum Gasteiger partial charge on any atom is -0.393 e. The number of nitrogens with zero attached hydrogens (tertiary/aromatic N) is 1. The smallest absolute Gasteiger partial charge is 0.0567 e. The van der Waals surface area contributed by atoms with Gasteiger partial charge in [0.15, 0.2) is 0 Å². The molecule has 2 atom stereocenters. The quantitative estimate of drug-likeness (QED) is 0.602. The van der Waals surface area contributed by atoms with Gasteiger partial charge in [-0.05, 0) is 19.8 Å². The van der Waals surface area contributed by atoms with Crippen LogP contribution in [0.1, 0.15) is 19.8 Å². The maximum atomic E-state index is 9.31. The lowest BCUT2D eigenvalue weighted by molar-refractivity contribution is 0.0547. The molecule has 0 aromatic rings. The zero-order valence-corrected chi connectivity index (χ0v) is 7.16. The van der Waals surface area contributed by atoms with Crippen LogP contribution in [0.3, 0.4) is 0 Å². The highest BCUT2D eigenvalue weighted by molar-refractivity contribution is 4.83. The molecule has 1 saturated heterocycles. The van der Waals surface area contributed by atoms with E-state index in [1.807, 2.05) is 6.08 Å². The van der Waals surface area contributed by atoms with E-state index in [0.717, 1.165) is 25.9 Å². The highest BCUT2D eigenvalue weighted by Gasteiger charge is 2.22. The first kappa shape index (κ1) is 8.75. The Hall–Kier alpha value is -0.340. The maximum Gasteiger partial charge on any atom is 0.0567 e. The van der Waals surface area contributed by atoms with E-state index in [9.17, 15) is 5.11 Å². The second-order valence-electron chi connectivity index (χ2n) is 3.31. The molecule has 1 aliphatic rings. The van der Waals surface area contributed by atoms with Gasteiger partial charge in [-0.2, -0.15) is 0 Å². The van der Waals surface area contributed by atoms with Crippen molar-refractivity contribution >= 4 is 0 Å². The van der Waals surface area contributed by atoms with Crippen molar-refractivity contribution in [3.05, 3.63) is 12.7 Å². The lowest BCUT2D eigenvalue weighted by Gasteiger charge is -2.34. The van der Waals surface area contributed by atoms with Gasteiger partial charge in [0.25, 0.3) is 0 Å². The van der Waals surface area contributed by atoms with E-state index >= 15 is 0 Å². The summed E-state index contributed by atoms with van der Waals surface area (Å²) in [5, 5.41) is 9.31. The SMILES string of the molecule is C=CCN1CC[C@H](O)C[C@@H]1C. The van der Waals surface area contributed by atoms with Crippen molar-refractivity contribution in [1.82, 2.24) is 4.90 Å². The molecule has 1 fully saturated rings. The first-order chi connectivity index (χ1) is 5.24. The topological polar surface area (TPSA) is 23.5 Å². The molecule has 0 saturated carbocycles. The van der Waals surface area contributed by atoms with E-state index in [0.29, 0.717) is 6.04 Å². The fourth-order valence-corrected chi connectivity index (χ4v) is 1.63. The number of aliphatic hydroxyl groups excluding tert-OH is 1. The number of hydrogen-bond donors (Lipinski definition) is 1. The molecule has 2 heteroatoms. The number of likely N-dealkylation sites (tertiary alicyclic amines) is 1. The Morgan fingerprint density at radius 2 is 2.45 bits per heavy atom. The normalized spacial score (nSPS) is 33.6. The molecule has 11 heavy (non-hydrogen) atoms. The minimum absolute atomic E-state index is 0.0777. The third-order valence-electron chi connectivity index (χ3n) is 2.35. The van der Waals surface area contributed by atoms with E-state index in [1.165, 1.54) is 0 Å². The standard InChI is InChI=1S/C9H17NO/c1-3-5-10-6-4-9(11)7-8(10)2/h3,8-9,11H,1,4-7H2,2H3/t8-,9-/m0/s1. The monoisotopic (exact) mass is 155 g/mol. The molecule has 0 spiro atoms. The van der Waals surface area contributed by atoms with Gasteiger partial charge in [0.1, 0.15) is 0 Å². The van der Waals surface area contributed by atoms with Crippen molar-refractivity contribution in [2.24, 2.45) is 0 Å². The van der Waals surface area contributed by atoms with Gasteiger partial charge in [0.2, 0.25) is 0 Å². The van der Waals surface area contributed by atoms with Crippen LogP contribution in [0.4, 0.5) is 0 Å². The molecule has 0 aliphatic carbocycles. The van der Waals surface area contributed by atoms with Crippen molar-refractivity contribution in [2.75, 3.05) is 13.1 Å². The average Bonchev–Trinajstić information content (AvgIpc) is 1.95. The Labute approximate surface area is 68.5 Å². The van der Waals surface area contributed by atoms with Crippen LogP contribution in [0.2, 0.25) is 0 Å². The summed E-state index contributed by atoms with van der Waals surface area (Å²) in [6.07, 6.45) is 3.67. The van der Waals surface area contributed by atoms with Crippen molar-refractivity contribution < 1.29 is 5.11 Å². The summed E-state index contributed by atoms with van der Waals surface area (Å²) in [4.78, 5) is 2.35. The van der Waals surface area contributed by atoms with Crippen LogP contribution in [-0.4, -0.2) is 35.2 Å². The molecule has 1 heterocycles. The fourth-order valence-electron chi connectivity index (χ4n) is 1.63. The second kappa shape index (κ2) is 3.88. The highest BCUT2D eigenvalue weighted by atomic mass is 16.3. The number of rotatable bonds is 2. The summed E-state index contributed by atoms with van der Waals surface area (Å²) in [7, 11) is 0. The first-order valence-corrected chi connectivity index (χ1v) is 4.27. The molecule has 0 radical (unpaired) electrons. The van der Waals surface area contributed by atoms with E-state index in [1.54, 1.807) is 0 Å². The number of hydrogen-bond acceptors (Lipinski definition) is 2. The fraction of sp³-hybridized carbons (Fsp3) is 0.778. The van der Waals surface area contributed by atoms with Gasteiger partial charge in [-0.15, -0.1) is 6.58 Å². The average molecular weight is 155 g/mol. The Balaban J connectivity index is 2.37. The second-order valence-corrected chi connectivity index (χ2v) is 3.31. The molecule has 1 rings (SSSR count). The maximum absolute atomic E-state index is 9.31. The van der Waals surface area contributed by atoms with E-state index in [4.69, 9.17) is 0 Å². The van der Waals surface area contributed by atoms with Gasteiger partial charge in [0, 0.05) is 19.1 Å². The molecule has 0 unspecified atom stereocenters. The van der Waals surface area contributed by atoms with Crippen LogP contribution < -0.4 is 0 Å². The van der Waals surface area contributed by atoms with Crippen molar-refractivity contribution in [2.45, 2.75) is 31.9 Å². The van der Waals surface area contributed by atoms with Crippen LogP contribution in [0, 0.1) is 0 Å². The van der Waals surface area contributed by atoms with E-state index in [2.05, 4.69) is 18.4 Å². The molecule has 2 nitrogen and oxygen atoms in total.